The highest BCUT2D eigenvalue weighted by Crippen LogP contribution is 2.25. The van der Waals surface area contributed by atoms with E-state index >= 15 is 0 Å². The number of carbonyl (C=O) groups excluding carboxylic acids is 2. The average molecular weight is 365 g/mol. The van der Waals surface area contributed by atoms with Gasteiger partial charge in [0.1, 0.15) is 0 Å². The Morgan fingerprint density at radius 3 is 2.37 bits per heavy atom. The van der Waals surface area contributed by atoms with Gasteiger partial charge in [-0.15, -0.1) is 0 Å². The fraction of sp³-hybridized carbons (Fsp3) is 0.364. The van der Waals surface area contributed by atoms with E-state index in [2.05, 4.69) is 16.0 Å². The highest BCUT2D eigenvalue weighted by Gasteiger charge is 2.19. The Balaban J connectivity index is 1.68. The molecular weight excluding hydrogens is 338 g/mol. The molecule has 5 nitrogen and oxygen atoms in total. The topological polar surface area (TPSA) is 70.2 Å². The largest absolute Gasteiger partial charge is 0.355 e. The molecule has 1 atom stereocenters. The molecule has 27 heavy (non-hydrogen) atoms. The molecule has 1 fully saturated rings. The summed E-state index contributed by atoms with van der Waals surface area (Å²) in [6, 6.07) is 11.8. The molecule has 0 bridgehead atoms. The van der Waals surface area contributed by atoms with Gasteiger partial charge in [-0.2, -0.15) is 0 Å². The number of rotatable bonds is 5. The van der Waals surface area contributed by atoms with E-state index in [1.807, 2.05) is 57.3 Å². The number of benzene rings is 2. The van der Waals surface area contributed by atoms with E-state index in [0.29, 0.717) is 24.4 Å². The van der Waals surface area contributed by atoms with Crippen LogP contribution in [-0.2, 0) is 11.3 Å². The summed E-state index contributed by atoms with van der Waals surface area (Å²) < 4.78 is 0. The Kier molecular flexibility index (Phi) is 5.91. The van der Waals surface area contributed by atoms with Crippen molar-refractivity contribution in [3.63, 3.8) is 0 Å². The van der Waals surface area contributed by atoms with Gasteiger partial charge in [0.15, 0.2) is 0 Å². The molecule has 2 amide bonds. The van der Waals surface area contributed by atoms with Gasteiger partial charge in [-0.25, -0.2) is 0 Å². The molecule has 2 aromatic rings. The Labute approximate surface area is 160 Å². The summed E-state index contributed by atoms with van der Waals surface area (Å²) in [7, 11) is 1.92. The smallest absolute Gasteiger partial charge is 0.255 e. The van der Waals surface area contributed by atoms with Crippen molar-refractivity contribution in [1.82, 2.24) is 10.6 Å². The summed E-state index contributed by atoms with van der Waals surface area (Å²) in [6.45, 7) is 5.55. The van der Waals surface area contributed by atoms with Crippen LogP contribution in [0.5, 0.6) is 0 Å². The fourth-order valence-electron chi connectivity index (χ4n) is 3.64. The maximum Gasteiger partial charge on any atom is 0.255 e. The van der Waals surface area contributed by atoms with Crippen LogP contribution in [-0.4, -0.2) is 25.4 Å². The number of piperidine rings is 1. The van der Waals surface area contributed by atoms with Crippen molar-refractivity contribution in [1.29, 1.82) is 0 Å². The number of hydrogen-bond acceptors (Lipinski definition) is 3. The number of aryl methyl sites for hydroxylation is 2. The summed E-state index contributed by atoms with van der Waals surface area (Å²) in [5.74, 6) is 0.369. The molecular formula is C22H27N3O2. The van der Waals surface area contributed by atoms with E-state index in [-0.39, 0.29) is 11.8 Å². The van der Waals surface area contributed by atoms with Gasteiger partial charge in [0.05, 0.1) is 0 Å². The molecule has 3 rings (SSSR count). The molecule has 3 N–H and O–H groups in total. The molecule has 0 saturated carbocycles. The van der Waals surface area contributed by atoms with Crippen LogP contribution < -0.4 is 16.0 Å². The summed E-state index contributed by atoms with van der Waals surface area (Å²) in [6.07, 6.45) is 1.44. The Bertz CT molecular complexity index is 810. The van der Waals surface area contributed by atoms with Crippen LogP contribution in [0.25, 0.3) is 0 Å². The minimum absolute atomic E-state index is 0.102. The van der Waals surface area contributed by atoms with Gasteiger partial charge in [-0.05, 0) is 73.8 Å². The monoisotopic (exact) mass is 365 g/mol. The second-order valence-corrected chi connectivity index (χ2v) is 7.23. The lowest BCUT2D eigenvalue weighted by atomic mass is 9.91. The number of anilines is 1. The number of hydrogen-bond donors (Lipinski definition) is 3. The summed E-state index contributed by atoms with van der Waals surface area (Å²) >= 11 is 0. The van der Waals surface area contributed by atoms with Crippen LogP contribution in [0.4, 0.5) is 5.69 Å². The predicted octanol–water partition coefficient (Wildman–Crippen LogP) is 3.27. The SMILES string of the molecule is CNCc1c(C)cc(C(=O)Nc2ccc(C3CCC(=O)NC3)cc2)cc1C. The van der Waals surface area contributed by atoms with E-state index < -0.39 is 0 Å². The van der Waals surface area contributed by atoms with Gasteiger partial charge in [0.2, 0.25) is 5.91 Å². The van der Waals surface area contributed by atoms with Crippen molar-refractivity contribution < 1.29 is 9.59 Å². The molecule has 0 radical (unpaired) electrons. The third-order valence-corrected chi connectivity index (χ3v) is 5.22. The molecule has 0 aliphatic carbocycles. The van der Waals surface area contributed by atoms with E-state index in [9.17, 15) is 9.59 Å². The van der Waals surface area contributed by atoms with Crippen LogP contribution in [0.3, 0.4) is 0 Å². The summed E-state index contributed by atoms with van der Waals surface area (Å²) in [4.78, 5) is 23.9. The van der Waals surface area contributed by atoms with Gasteiger partial charge in [-0.1, -0.05) is 12.1 Å². The van der Waals surface area contributed by atoms with Crippen LogP contribution in [0.1, 0.15) is 51.4 Å². The van der Waals surface area contributed by atoms with Crippen molar-refractivity contribution in [2.24, 2.45) is 0 Å². The molecule has 1 saturated heterocycles. The average Bonchev–Trinajstić information content (AvgIpc) is 2.66. The molecule has 0 spiro atoms. The van der Waals surface area contributed by atoms with Gasteiger partial charge in [0, 0.05) is 36.7 Å². The molecule has 5 heteroatoms. The van der Waals surface area contributed by atoms with E-state index in [1.54, 1.807) is 0 Å². The Morgan fingerprint density at radius 1 is 1.15 bits per heavy atom. The molecule has 0 aromatic heterocycles. The minimum atomic E-state index is -0.102. The van der Waals surface area contributed by atoms with E-state index in [0.717, 1.165) is 29.8 Å². The highest BCUT2D eigenvalue weighted by molar-refractivity contribution is 6.04. The maximum atomic E-state index is 12.6. The minimum Gasteiger partial charge on any atom is -0.355 e. The number of carbonyl (C=O) groups is 2. The lowest BCUT2D eigenvalue weighted by Gasteiger charge is -2.22. The first-order valence-electron chi connectivity index (χ1n) is 9.40. The van der Waals surface area contributed by atoms with Gasteiger partial charge in [0.25, 0.3) is 5.91 Å². The third-order valence-electron chi connectivity index (χ3n) is 5.22. The van der Waals surface area contributed by atoms with Crippen LogP contribution >= 0.6 is 0 Å². The zero-order valence-corrected chi connectivity index (χ0v) is 16.2. The molecule has 2 aromatic carbocycles. The van der Waals surface area contributed by atoms with Crippen LogP contribution in [0.15, 0.2) is 36.4 Å². The quantitative estimate of drug-likeness (QED) is 0.762. The van der Waals surface area contributed by atoms with E-state index in [4.69, 9.17) is 0 Å². The summed E-state index contributed by atoms with van der Waals surface area (Å²) in [5, 5.41) is 9.05. The summed E-state index contributed by atoms with van der Waals surface area (Å²) in [5.41, 5.74) is 6.10. The van der Waals surface area contributed by atoms with Crippen LogP contribution in [0.2, 0.25) is 0 Å². The number of nitrogens with one attached hydrogen (secondary N) is 3. The standard InChI is InChI=1S/C22H27N3O2/c1-14-10-18(11-15(2)20(14)13-23-3)22(27)25-19-7-4-16(5-8-19)17-6-9-21(26)24-12-17/h4-5,7-8,10-11,17,23H,6,9,12-13H2,1-3H3,(H,24,26)(H,25,27). The first-order chi connectivity index (χ1) is 13.0. The van der Waals surface area contributed by atoms with Crippen molar-refractivity contribution in [3.8, 4) is 0 Å². The van der Waals surface area contributed by atoms with E-state index in [1.165, 1.54) is 11.1 Å². The van der Waals surface area contributed by atoms with Gasteiger partial charge >= 0.3 is 0 Å². The van der Waals surface area contributed by atoms with Gasteiger partial charge < -0.3 is 16.0 Å². The first kappa shape index (κ1) is 19.1. The second kappa shape index (κ2) is 8.35. The lowest BCUT2D eigenvalue weighted by molar-refractivity contribution is -0.122. The maximum absolute atomic E-state index is 12.6. The molecule has 1 unspecified atom stereocenters. The van der Waals surface area contributed by atoms with Crippen molar-refractivity contribution in [2.45, 2.75) is 39.2 Å². The predicted molar refractivity (Wildman–Crippen MR) is 108 cm³/mol. The van der Waals surface area contributed by atoms with Crippen molar-refractivity contribution in [2.75, 3.05) is 18.9 Å². The fourth-order valence-corrected chi connectivity index (χ4v) is 3.64. The molecule has 142 valence electrons. The van der Waals surface area contributed by atoms with Crippen molar-refractivity contribution in [3.05, 3.63) is 64.2 Å². The lowest BCUT2D eigenvalue weighted by Crippen LogP contribution is -2.33. The second-order valence-electron chi connectivity index (χ2n) is 7.23. The zero-order chi connectivity index (χ0) is 19.4. The highest BCUT2D eigenvalue weighted by atomic mass is 16.2. The third kappa shape index (κ3) is 4.55. The van der Waals surface area contributed by atoms with Crippen LogP contribution in [0, 0.1) is 13.8 Å². The van der Waals surface area contributed by atoms with Crippen molar-refractivity contribution >= 4 is 17.5 Å². The molecule has 1 heterocycles. The molecule has 1 aliphatic rings. The molecule has 1 aliphatic heterocycles. The normalized spacial score (nSPS) is 16.7. The Hall–Kier alpha value is -2.66. The first-order valence-corrected chi connectivity index (χ1v) is 9.40. The zero-order valence-electron chi connectivity index (χ0n) is 16.2. The number of amides is 2. The Morgan fingerprint density at radius 2 is 1.81 bits per heavy atom. The van der Waals surface area contributed by atoms with Gasteiger partial charge in [-0.3, -0.25) is 9.59 Å².